The van der Waals surface area contributed by atoms with Crippen molar-refractivity contribution >= 4 is 6.29 Å². The highest BCUT2D eigenvalue weighted by atomic mass is 19.3. The van der Waals surface area contributed by atoms with Gasteiger partial charge in [0, 0.05) is 5.56 Å². The van der Waals surface area contributed by atoms with Crippen molar-refractivity contribution < 1.29 is 23.0 Å². The molecule has 0 aromatic heterocycles. The van der Waals surface area contributed by atoms with E-state index in [2.05, 4.69) is 14.7 Å². The largest absolute Gasteiger partial charge is 0.586 e. The summed E-state index contributed by atoms with van der Waals surface area (Å²) in [5.74, 6) is -1.84. The van der Waals surface area contributed by atoms with Gasteiger partial charge in [0.2, 0.25) is 0 Å². The lowest BCUT2D eigenvalue weighted by molar-refractivity contribution is -0.287. The lowest BCUT2D eigenvalue weighted by atomic mass is 9.92. The van der Waals surface area contributed by atoms with Crippen LogP contribution in [0.3, 0.4) is 0 Å². The van der Waals surface area contributed by atoms with Crippen molar-refractivity contribution in [3.05, 3.63) is 40.4 Å². The Morgan fingerprint density at radius 1 is 1.45 bits per heavy atom. The maximum Gasteiger partial charge on any atom is 0.586 e. The first-order chi connectivity index (χ1) is 9.52. The first-order valence-electron chi connectivity index (χ1n) is 5.29. The minimum absolute atomic E-state index is 0.00822. The van der Waals surface area contributed by atoms with Crippen LogP contribution in [0.25, 0.3) is 0 Å². The van der Waals surface area contributed by atoms with Gasteiger partial charge in [-0.15, -0.1) is 13.7 Å². The van der Waals surface area contributed by atoms with E-state index in [1.165, 1.54) is 18.2 Å². The van der Waals surface area contributed by atoms with Crippen molar-refractivity contribution in [1.82, 2.24) is 0 Å². The standard InChI is InChI=1S/C12H6F2N2O4/c13-12(14)19-10-3-1-2-8(11(10)20-12)9(6-17)7(4-15)5-16-18/h1-3,5-6,9H/b7-5+. The van der Waals surface area contributed by atoms with Gasteiger partial charge in [0.1, 0.15) is 6.29 Å². The van der Waals surface area contributed by atoms with Crippen LogP contribution in [0, 0.1) is 16.2 Å². The molecule has 0 saturated carbocycles. The number of nitriles is 1. The molecule has 0 bridgehead atoms. The zero-order valence-corrected chi connectivity index (χ0v) is 9.75. The Bertz CT molecular complexity index is 637. The first-order valence-corrected chi connectivity index (χ1v) is 5.29. The van der Waals surface area contributed by atoms with Gasteiger partial charge in [0.15, 0.2) is 11.5 Å². The number of aldehydes is 1. The molecule has 1 atom stereocenters. The number of carbonyl (C=O) groups excluding carboxylic acids is 1. The van der Waals surface area contributed by atoms with E-state index in [0.29, 0.717) is 12.5 Å². The highest BCUT2D eigenvalue weighted by Gasteiger charge is 2.45. The second-order valence-electron chi connectivity index (χ2n) is 3.76. The number of allylic oxidation sites excluding steroid dienone is 1. The van der Waals surface area contributed by atoms with Crippen molar-refractivity contribution in [1.29, 1.82) is 5.26 Å². The Labute approximate surface area is 111 Å². The molecule has 0 aliphatic carbocycles. The topological polar surface area (TPSA) is 88.8 Å². The predicted octanol–water partition coefficient (Wildman–Crippen LogP) is 2.46. The minimum atomic E-state index is -3.84. The molecule has 1 unspecified atom stereocenters. The summed E-state index contributed by atoms with van der Waals surface area (Å²) in [5.41, 5.74) is -0.298. The van der Waals surface area contributed by atoms with Gasteiger partial charge in [-0.1, -0.05) is 12.1 Å². The first kappa shape index (κ1) is 13.6. The average Bonchev–Trinajstić information content (AvgIpc) is 2.73. The van der Waals surface area contributed by atoms with Crippen molar-refractivity contribution in [2.24, 2.45) is 5.18 Å². The molecule has 0 N–H and O–H groups in total. The molecule has 0 radical (unpaired) electrons. The second-order valence-corrected chi connectivity index (χ2v) is 3.76. The van der Waals surface area contributed by atoms with Gasteiger partial charge in [-0.05, 0) is 11.2 Å². The van der Waals surface area contributed by atoms with Crippen LogP contribution in [0.1, 0.15) is 11.5 Å². The normalized spacial score (nSPS) is 17.1. The van der Waals surface area contributed by atoms with E-state index in [4.69, 9.17) is 5.26 Å². The third kappa shape index (κ3) is 2.33. The highest BCUT2D eigenvalue weighted by Crippen LogP contribution is 2.46. The van der Waals surface area contributed by atoms with Crippen molar-refractivity contribution in [2.75, 3.05) is 0 Å². The average molecular weight is 280 g/mol. The summed E-state index contributed by atoms with van der Waals surface area (Å²) < 4.78 is 34.6. The number of nitrogens with zero attached hydrogens (tertiary/aromatic N) is 2. The molecule has 102 valence electrons. The van der Waals surface area contributed by atoms with Gasteiger partial charge >= 0.3 is 6.29 Å². The molecule has 0 spiro atoms. The number of rotatable bonds is 4. The Hall–Kier alpha value is -2.82. The number of fused-ring (bicyclic) bond motifs is 1. The third-order valence-corrected chi connectivity index (χ3v) is 2.59. The van der Waals surface area contributed by atoms with Crippen LogP contribution < -0.4 is 9.47 Å². The number of para-hydroxylation sites is 1. The Kier molecular flexibility index (Phi) is 3.43. The smallest absolute Gasteiger partial charge is 0.395 e. The molecule has 1 aliphatic heterocycles. The van der Waals surface area contributed by atoms with Crippen LogP contribution in [0.5, 0.6) is 11.5 Å². The molecule has 0 amide bonds. The third-order valence-electron chi connectivity index (χ3n) is 2.59. The summed E-state index contributed by atoms with van der Waals surface area (Å²) >= 11 is 0. The summed E-state index contributed by atoms with van der Waals surface area (Å²) in [6.07, 6.45) is -2.87. The number of carbonyl (C=O) groups is 1. The molecule has 2 rings (SSSR count). The molecule has 1 aromatic carbocycles. The van der Waals surface area contributed by atoms with E-state index < -0.39 is 12.2 Å². The van der Waals surface area contributed by atoms with Crippen LogP contribution in [-0.2, 0) is 4.79 Å². The van der Waals surface area contributed by atoms with E-state index in [0.717, 1.165) is 0 Å². The molecule has 6 nitrogen and oxygen atoms in total. The molecule has 20 heavy (non-hydrogen) atoms. The van der Waals surface area contributed by atoms with Crippen LogP contribution in [0.4, 0.5) is 8.78 Å². The van der Waals surface area contributed by atoms with E-state index in [9.17, 15) is 18.5 Å². The molecule has 0 saturated heterocycles. The maximum absolute atomic E-state index is 13.0. The van der Waals surface area contributed by atoms with Crippen molar-refractivity contribution in [2.45, 2.75) is 12.2 Å². The summed E-state index contributed by atoms with van der Waals surface area (Å²) in [6, 6.07) is 5.53. The molecule has 0 fully saturated rings. The van der Waals surface area contributed by atoms with E-state index in [1.807, 2.05) is 0 Å². The Balaban J connectivity index is 2.52. The van der Waals surface area contributed by atoms with Crippen LogP contribution in [0.15, 0.2) is 35.1 Å². The fourth-order valence-corrected chi connectivity index (χ4v) is 1.78. The highest BCUT2D eigenvalue weighted by molar-refractivity contribution is 5.73. The lowest BCUT2D eigenvalue weighted by Crippen LogP contribution is -2.26. The number of benzene rings is 1. The summed E-state index contributed by atoms with van der Waals surface area (Å²) in [6.45, 7) is 0. The molecule has 8 heteroatoms. The fraction of sp³-hybridized carbons (Fsp3) is 0.167. The van der Waals surface area contributed by atoms with Crippen LogP contribution >= 0.6 is 0 Å². The van der Waals surface area contributed by atoms with Gasteiger partial charge in [0.25, 0.3) is 0 Å². The van der Waals surface area contributed by atoms with E-state index in [1.54, 1.807) is 6.07 Å². The second kappa shape index (κ2) is 5.05. The SMILES string of the molecule is N#C/C(=C\N=O)C(C=O)c1cccc2c1OC(F)(F)O2. The molecule has 1 heterocycles. The number of ether oxygens (including phenoxy) is 2. The zero-order valence-electron chi connectivity index (χ0n) is 9.75. The number of halogens is 2. The number of nitroso groups, excluding NO2 is 1. The molecular weight excluding hydrogens is 274 g/mol. The van der Waals surface area contributed by atoms with E-state index in [-0.39, 0.29) is 22.6 Å². The van der Waals surface area contributed by atoms with Gasteiger partial charge in [-0.2, -0.15) is 5.26 Å². The molecular formula is C12H6F2N2O4. The lowest BCUT2D eigenvalue weighted by Gasteiger charge is -2.11. The fourth-order valence-electron chi connectivity index (χ4n) is 1.78. The van der Waals surface area contributed by atoms with E-state index >= 15 is 0 Å². The maximum atomic E-state index is 13.0. The summed E-state index contributed by atoms with van der Waals surface area (Å²) in [7, 11) is 0. The van der Waals surface area contributed by atoms with Gasteiger partial charge < -0.3 is 14.3 Å². The van der Waals surface area contributed by atoms with Gasteiger partial charge in [-0.25, -0.2) is 0 Å². The van der Waals surface area contributed by atoms with Crippen molar-refractivity contribution in [3.8, 4) is 17.6 Å². The zero-order chi connectivity index (χ0) is 14.8. The van der Waals surface area contributed by atoms with Crippen LogP contribution in [-0.4, -0.2) is 12.6 Å². The van der Waals surface area contributed by atoms with Crippen molar-refractivity contribution in [3.63, 3.8) is 0 Å². The minimum Gasteiger partial charge on any atom is -0.395 e. The molecule has 1 aliphatic rings. The Morgan fingerprint density at radius 3 is 2.80 bits per heavy atom. The molecule has 1 aromatic rings. The monoisotopic (exact) mass is 280 g/mol. The Morgan fingerprint density at radius 2 is 2.20 bits per heavy atom. The number of alkyl halides is 2. The van der Waals surface area contributed by atoms with Gasteiger partial charge in [-0.3, -0.25) is 0 Å². The number of hydrogen-bond donors (Lipinski definition) is 0. The quantitative estimate of drug-likeness (QED) is 0.480. The summed E-state index contributed by atoms with van der Waals surface area (Å²) in [5, 5.41) is 11.3. The van der Waals surface area contributed by atoms with Crippen LogP contribution in [0.2, 0.25) is 0 Å². The number of hydrogen-bond acceptors (Lipinski definition) is 6. The summed E-state index contributed by atoms with van der Waals surface area (Å²) in [4.78, 5) is 21.3. The van der Waals surface area contributed by atoms with Gasteiger partial charge in [0.05, 0.1) is 23.8 Å². The predicted molar refractivity (Wildman–Crippen MR) is 60.9 cm³/mol.